The molecule has 0 saturated carbocycles. The number of nitrogens with zero attached hydrogens (tertiary/aromatic N) is 3. The molecule has 1 unspecified atom stereocenters. The zero-order valence-corrected chi connectivity index (χ0v) is 25.3. The minimum Gasteiger partial charge on any atom is -0.350 e. The molecule has 0 aliphatic heterocycles. The van der Waals surface area contributed by atoms with Crippen LogP contribution >= 0.6 is 0 Å². The van der Waals surface area contributed by atoms with Crippen molar-refractivity contribution in [1.82, 2.24) is 14.5 Å². The van der Waals surface area contributed by atoms with E-state index in [-0.39, 0.29) is 24.6 Å². The molecule has 0 aromatic heterocycles. The number of aryl methyl sites for hydroxylation is 1. The number of carbonyl (C=O) groups is 2. The number of amides is 2. The zero-order chi connectivity index (χ0) is 30.4. The van der Waals surface area contributed by atoms with Crippen LogP contribution in [0.25, 0.3) is 0 Å². The topological polar surface area (TPSA) is 90.0 Å². The maximum atomic E-state index is 14.2. The lowest BCUT2D eigenvalue weighted by molar-refractivity contribution is -0.140. The van der Waals surface area contributed by atoms with Crippen molar-refractivity contribution < 1.29 is 22.4 Å². The predicted octanol–water partition coefficient (Wildman–Crippen LogP) is 4.30. The molecule has 220 valence electrons. The Balaban J connectivity index is 2.11. The van der Waals surface area contributed by atoms with Gasteiger partial charge in [0.1, 0.15) is 18.4 Å². The van der Waals surface area contributed by atoms with E-state index in [9.17, 15) is 22.4 Å². The number of carbonyl (C=O) groups excluding carboxylic acids is 2. The average Bonchev–Trinajstić information content (AvgIpc) is 2.89. The molecule has 10 heteroatoms. The molecule has 8 nitrogen and oxygen atoms in total. The van der Waals surface area contributed by atoms with E-state index in [1.54, 1.807) is 0 Å². The van der Waals surface area contributed by atoms with Gasteiger partial charge in [-0.25, -0.2) is 8.70 Å². The molecule has 3 aromatic carbocycles. The van der Waals surface area contributed by atoms with Crippen LogP contribution in [0.2, 0.25) is 0 Å². The van der Waals surface area contributed by atoms with Crippen molar-refractivity contribution in [3.8, 4) is 0 Å². The van der Waals surface area contributed by atoms with Crippen molar-refractivity contribution in [3.63, 3.8) is 0 Å². The fourth-order valence-electron chi connectivity index (χ4n) is 4.34. The highest BCUT2D eigenvalue weighted by Crippen LogP contribution is 2.22. The number of rotatable bonds is 11. The van der Waals surface area contributed by atoms with Gasteiger partial charge in [0.25, 0.3) is 0 Å². The van der Waals surface area contributed by atoms with Crippen LogP contribution in [0.1, 0.15) is 37.5 Å². The summed E-state index contributed by atoms with van der Waals surface area (Å²) in [7, 11) is -1.44. The fraction of sp³-hybridized carbons (Fsp3) is 0.355. The van der Waals surface area contributed by atoms with Crippen LogP contribution in [0.15, 0.2) is 78.9 Å². The Kier molecular flexibility index (Phi) is 10.3. The van der Waals surface area contributed by atoms with Crippen LogP contribution in [0, 0.1) is 12.7 Å². The summed E-state index contributed by atoms with van der Waals surface area (Å²) in [4.78, 5) is 29.4. The molecule has 3 rings (SSSR count). The molecule has 41 heavy (non-hydrogen) atoms. The molecule has 1 atom stereocenters. The first-order chi connectivity index (χ1) is 19.2. The summed E-state index contributed by atoms with van der Waals surface area (Å²) < 4.78 is 42.4. The summed E-state index contributed by atoms with van der Waals surface area (Å²) in [5.74, 6) is -1.47. The minimum atomic E-state index is -4.15. The van der Waals surface area contributed by atoms with E-state index in [0.29, 0.717) is 0 Å². The van der Waals surface area contributed by atoms with Crippen molar-refractivity contribution in [3.05, 3.63) is 101 Å². The second-order valence-electron chi connectivity index (χ2n) is 11.2. The van der Waals surface area contributed by atoms with Crippen LogP contribution in [-0.2, 0) is 32.8 Å². The van der Waals surface area contributed by atoms with Gasteiger partial charge in [-0.15, -0.1) is 0 Å². The van der Waals surface area contributed by atoms with Gasteiger partial charge in [0.2, 0.25) is 11.8 Å². The zero-order valence-electron chi connectivity index (χ0n) is 24.5. The summed E-state index contributed by atoms with van der Waals surface area (Å²) >= 11 is 0. The second-order valence-corrected chi connectivity index (χ2v) is 13.3. The normalized spacial score (nSPS) is 12.6. The van der Waals surface area contributed by atoms with E-state index in [4.69, 9.17) is 0 Å². The first-order valence-corrected chi connectivity index (χ1v) is 14.7. The van der Waals surface area contributed by atoms with Gasteiger partial charge in [-0.2, -0.15) is 12.7 Å². The molecular formula is C31H39FN4O4S. The SMILES string of the molecule is Cc1cccc(CN(C(=O)CN(c2ccc(F)cc2)S(=O)(=O)N(C)C)C(Cc2ccccc2)C(=O)NC(C)(C)C)c1. The average molecular weight is 583 g/mol. The van der Waals surface area contributed by atoms with Crippen molar-refractivity contribution in [2.45, 2.75) is 52.2 Å². The number of hydrogen-bond donors (Lipinski definition) is 1. The van der Waals surface area contributed by atoms with E-state index < -0.39 is 40.1 Å². The van der Waals surface area contributed by atoms with Crippen LogP contribution in [0.4, 0.5) is 10.1 Å². The first kappa shape index (κ1) is 31.8. The fourth-order valence-corrected chi connectivity index (χ4v) is 5.39. The smallest absolute Gasteiger partial charge is 0.304 e. The summed E-state index contributed by atoms with van der Waals surface area (Å²) in [6.07, 6.45) is 0.220. The quantitative estimate of drug-likeness (QED) is 0.365. The van der Waals surface area contributed by atoms with E-state index in [1.165, 1.54) is 31.1 Å². The molecular weight excluding hydrogens is 543 g/mol. The van der Waals surface area contributed by atoms with Crippen LogP contribution in [0.5, 0.6) is 0 Å². The molecule has 3 aromatic rings. The van der Waals surface area contributed by atoms with Crippen molar-refractivity contribution >= 4 is 27.7 Å². The highest BCUT2D eigenvalue weighted by molar-refractivity contribution is 7.90. The van der Waals surface area contributed by atoms with Crippen LogP contribution in [-0.4, -0.2) is 61.7 Å². The Bertz CT molecular complexity index is 1440. The molecule has 0 radical (unpaired) electrons. The Morgan fingerprint density at radius 1 is 0.902 bits per heavy atom. The molecule has 0 fully saturated rings. The first-order valence-electron chi connectivity index (χ1n) is 13.3. The number of anilines is 1. The largest absolute Gasteiger partial charge is 0.350 e. The van der Waals surface area contributed by atoms with E-state index in [2.05, 4.69) is 5.32 Å². The molecule has 2 amide bonds. The third kappa shape index (κ3) is 8.86. The number of hydrogen-bond acceptors (Lipinski definition) is 4. The molecule has 0 spiro atoms. The maximum absolute atomic E-state index is 14.2. The van der Waals surface area contributed by atoms with Crippen LogP contribution < -0.4 is 9.62 Å². The predicted molar refractivity (Wildman–Crippen MR) is 160 cm³/mol. The molecule has 1 N–H and O–H groups in total. The summed E-state index contributed by atoms with van der Waals surface area (Å²) in [5.41, 5.74) is 2.18. The number of benzene rings is 3. The lowest BCUT2D eigenvalue weighted by Crippen LogP contribution is -2.56. The highest BCUT2D eigenvalue weighted by Gasteiger charge is 2.35. The molecule has 0 aliphatic rings. The standard InChI is InChI=1S/C31H39FN4O4S/c1-23-11-10-14-25(19-23)21-35(28(30(38)33-31(2,3)4)20-24-12-8-7-9-13-24)29(37)22-36(41(39,40)34(5)6)27-17-15-26(32)16-18-27/h7-19,28H,20-22H2,1-6H3,(H,33,38). The van der Waals surface area contributed by atoms with Crippen molar-refractivity contribution in [2.24, 2.45) is 0 Å². The van der Waals surface area contributed by atoms with Gasteiger partial charge in [-0.3, -0.25) is 9.59 Å². The minimum absolute atomic E-state index is 0.0782. The maximum Gasteiger partial charge on any atom is 0.304 e. The lowest BCUT2D eigenvalue weighted by atomic mass is 10.0. The van der Waals surface area contributed by atoms with Gasteiger partial charge in [-0.05, 0) is 63.1 Å². The summed E-state index contributed by atoms with van der Waals surface area (Å²) in [5, 5.41) is 3.00. The Morgan fingerprint density at radius 3 is 2.07 bits per heavy atom. The molecule has 0 saturated heterocycles. The summed E-state index contributed by atoms with van der Waals surface area (Å²) in [6, 6.07) is 20.9. The van der Waals surface area contributed by atoms with Crippen molar-refractivity contribution in [1.29, 1.82) is 0 Å². The monoisotopic (exact) mass is 582 g/mol. The number of halogens is 1. The number of nitrogens with one attached hydrogen (secondary N) is 1. The molecule has 0 heterocycles. The Hall–Kier alpha value is -3.76. The van der Waals surface area contributed by atoms with Gasteiger partial charge in [0, 0.05) is 32.6 Å². The second kappa shape index (κ2) is 13.3. The van der Waals surface area contributed by atoms with Gasteiger partial charge in [-0.1, -0.05) is 60.2 Å². The van der Waals surface area contributed by atoms with Gasteiger partial charge >= 0.3 is 10.2 Å². The third-order valence-corrected chi connectivity index (χ3v) is 8.16. The molecule has 0 bridgehead atoms. The van der Waals surface area contributed by atoms with E-state index >= 15 is 0 Å². The van der Waals surface area contributed by atoms with E-state index in [1.807, 2.05) is 82.3 Å². The van der Waals surface area contributed by atoms with Crippen LogP contribution in [0.3, 0.4) is 0 Å². The van der Waals surface area contributed by atoms with Gasteiger partial charge in [0.15, 0.2) is 0 Å². The summed E-state index contributed by atoms with van der Waals surface area (Å²) in [6.45, 7) is 7.00. The lowest BCUT2D eigenvalue weighted by Gasteiger charge is -2.35. The molecule has 0 aliphatic carbocycles. The Labute approximate surface area is 243 Å². The van der Waals surface area contributed by atoms with Gasteiger partial charge in [0.05, 0.1) is 5.69 Å². The highest BCUT2D eigenvalue weighted by atomic mass is 32.2. The Morgan fingerprint density at radius 2 is 1.51 bits per heavy atom. The van der Waals surface area contributed by atoms with Crippen molar-refractivity contribution in [2.75, 3.05) is 24.9 Å². The van der Waals surface area contributed by atoms with Gasteiger partial charge < -0.3 is 10.2 Å². The third-order valence-electron chi connectivity index (χ3n) is 6.34. The van der Waals surface area contributed by atoms with E-state index in [0.717, 1.165) is 37.4 Å².